The number of aryl methyl sites for hydroxylation is 1. The summed E-state index contributed by atoms with van der Waals surface area (Å²) in [5.74, 6) is 0.805. The minimum atomic E-state index is -3.51. The van der Waals surface area contributed by atoms with Gasteiger partial charge in [0.25, 0.3) is 0 Å². The molecule has 0 aliphatic heterocycles. The fourth-order valence-electron chi connectivity index (χ4n) is 2.17. The smallest absolute Gasteiger partial charge is 0.211 e. The van der Waals surface area contributed by atoms with E-state index in [1.54, 1.807) is 20.1 Å². The van der Waals surface area contributed by atoms with Crippen LogP contribution in [0.2, 0.25) is 0 Å². The normalized spacial score (nSPS) is 14.6. The second-order valence-electron chi connectivity index (χ2n) is 4.97. The van der Waals surface area contributed by atoms with Crippen LogP contribution in [-0.4, -0.2) is 20.8 Å². The summed E-state index contributed by atoms with van der Waals surface area (Å²) < 4.78 is 28.0. The van der Waals surface area contributed by atoms with Gasteiger partial charge in [-0.05, 0) is 49.8 Å². The van der Waals surface area contributed by atoms with Crippen LogP contribution in [0.15, 0.2) is 36.9 Å². The number of ether oxygens (including phenoxy) is 1. The monoisotopic (exact) mass is 297 g/mol. The summed E-state index contributed by atoms with van der Waals surface area (Å²) in [4.78, 5) is 0. The maximum Gasteiger partial charge on any atom is 0.211 e. The summed E-state index contributed by atoms with van der Waals surface area (Å²) in [5, 5.41) is 4.68. The molecule has 2 N–H and O–H groups in total. The molecule has 0 heterocycles. The van der Waals surface area contributed by atoms with Crippen LogP contribution >= 0.6 is 0 Å². The van der Waals surface area contributed by atoms with Crippen LogP contribution < -0.4 is 9.88 Å². The minimum absolute atomic E-state index is 0.00963. The number of methoxy groups -OCH3 is 1. The molecule has 2 unspecified atom stereocenters. The predicted molar refractivity (Wildman–Crippen MR) is 82.2 cm³/mol. The number of sulfonamides is 1. The fourth-order valence-corrected chi connectivity index (χ4v) is 2.95. The maximum atomic E-state index is 11.5. The summed E-state index contributed by atoms with van der Waals surface area (Å²) in [6, 6.07) is 7.79. The van der Waals surface area contributed by atoms with E-state index in [0.717, 1.165) is 24.2 Å². The van der Waals surface area contributed by atoms with Crippen LogP contribution in [0.5, 0.6) is 5.75 Å². The Labute approximate surface area is 121 Å². The number of hydrogen-bond acceptors (Lipinski definition) is 3. The molecule has 2 atom stereocenters. The van der Waals surface area contributed by atoms with Gasteiger partial charge < -0.3 is 4.74 Å². The molecule has 20 heavy (non-hydrogen) atoms. The van der Waals surface area contributed by atoms with Gasteiger partial charge in [0.2, 0.25) is 10.0 Å². The van der Waals surface area contributed by atoms with E-state index in [4.69, 9.17) is 9.88 Å². The molecular formula is C15H23NO3S. The van der Waals surface area contributed by atoms with E-state index in [1.807, 2.05) is 24.3 Å². The molecule has 0 saturated heterocycles. The first-order chi connectivity index (χ1) is 9.38. The van der Waals surface area contributed by atoms with Crippen molar-refractivity contribution in [1.29, 1.82) is 0 Å². The lowest BCUT2D eigenvalue weighted by Gasteiger charge is -2.21. The molecule has 0 aliphatic rings. The largest absolute Gasteiger partial charge is 0.497 e. The van der Waals surface area contributed by atoms with Gasteiger partial charge in [-0.25, -0.2) is 13.6 Å². The zero-order chi connectivity index (χ0) is 15.2. The molecule has 0 amide bonds. The van der Waals surface area contributed by atoms with E-state index in [-0.39, 0.29) is 5.92 Å². The maximum absolute atomic E-state index is 11.5. The lowest BCUT2D eigenvalue weighted by atomic mass is 9.94. The van der Waals surface area contributed by atoms with Crippen molar-refractivity contribution < 1.29 is 13.2 Å². The van der Waals surface area contributed by atoms with Crippen molar-refractivity contribution in [3.63, 3.8) is 0 Å². The first kappa shape index (κ1) is 16.7. The van der Waals surface area contributed by atoms with Crippen molar-refractivity contribution in [2.75, 3.05) is 7.11 Å². The Morgan fingerprint density at radius 3 is 2.40 bits per heavy atom. The Kier molecular flexibility index (Phi) is 6.23. The summed E-state index contributed by atoms with van der Waals surface area (Å²) in [6.45, 7) is 5.35. The number of rotatable bonds is 8. The third-order valence-corrected chi connectivity index (χ3v) is 5.04. The molecular weight excluding hydrogens is 274 g/mol. The van der Waals surface area contributed by atoms with Crippen molar-refractivity contribution in [3.8, 4) is 5.75 Å². The quantitative estimate of drug-likeness (QED) is 0.749. The molecule has 1 aromatic rings. The highest BCUT2D eigenvalue weighted by molar-refractivity contribution is 7.89. The molecule has 1 rings (SSSR count). The van der Waals surface area contributed by atoms with Gasteiger partial charge >= 0.3 is 0 Å². The van der Waals surface area contributed by atoms with Gasteiger partial charge in [-0.1, -0.05) is 18.2 Å². The third kappa shape index (κ3) is 4.98. The van der Waals surface area contributed by atoms with E-state index in [9.17, 15) is 8.42 Å². The van der Waals surface area contributed by atoms with Crippen molar-refractivity contribution in [3.05, 3.63) is 42.5 Å². The minimum Gasteiger partial charge on any atom is -0.497 e. The number of nitrogens with two attached hydrogens (primary N) is 1. The molecule has 0 aliphatic carbocycles. The summed E-state index contributed by atoms with van der Waals surface area (Å²) >= 11 is 0. The topological polar surface area (TPSA) is 69.4 Å². The summed E-state index contributed by atoms with van der Waals surface area (Å²) in [5.41, 5.74) is 1.15. The van der Waals surface area contributed by atoms with Gasteiger partial charge in [0, 0.05) is 0 Å². The van der Waals surface area contributed by atoms with Gasteiger partial charge in [-0.2, -0.15) is 0 Å². The Morgan fingerprint density at radius 2 is 1.95 bits per heavy atom. The van der Waals surface area contributed by atoms with Gasteiger partial charge in [0.1, 0.15) is 5.75 Å². The lowest BCUT2D eigenvalue weighted by Crippen LogP contribution is -2.32. The standard InChI is InChI=1S/C15H23NO3S/c1-4-5-14(12(2)20(16,17)18)9-6-13-7-10-15(19-3)11-8-13/h4,7-8,10-12,14H,1,5-6,9H2,2-3H3,(H2,16,17,18). The van der Waals surface area contributed by atoms with Crippen LogP contribution in [0.25, 0.3) is 0 Å². The molecule has 1 aromatic carbocycles. The number of allylic oxidation sites excluding steroid dienone is 1. The Balaban J connectivity index is 2.68. The van der Waals surface area contributed by atoms with Crippen molar-refractivity contribution in [2.24, 2.45) is 11.1 Å². The zero-order valence-corrected chi connectivity index (χ0v) is 12.9. The molecule has 5 heteroatoms. The predicted octanol–water partition coefficient (Wildman–Crippen LogP) is 2.50. The zero-order valence-electron chi connectivity index (χ0n) is 12.1. The lowest BCUT2D eigenvalue weighted by molar-refractivity contribution is 0.414. The first-order valence-corrected chi connectivity index (χ1v) is 8.25. The van der Waals surface area contributed by atoms with Crippen molar-refractivity contribution in [2.45, 2.75) is 31.4 Å². The Bertz CT molecular complexity index is 523. The van der Waals surface area contributed by atoms with E-state index < -0.39 is 15.3 Å². The molecule has 0 radical (unpaired) electrons. The average Bonchev–Trinajstić information content (AvgIpc) is 2.42. The summed E-state index contributed by atoms with van der Waals surface area (Å²) in [7, 11) is -1.88. The highest BCUT2D eigenvalue weighted by atomic mass is 32.2. The van der Waals surface area contributed by atoms with Crippen LogP contribution in [0.3, 0.4) is 0 Å². The molecule has 0 bridgehead atoms. The molecule has 4 nitrogen and oxygen atoms in total. The Morgan fingerprint density at radius 1 is 1.35 bits per heavy atom. The second-order valence-corrected chi connectivity index (χ2v) is 6.89. The molecule has 0 spiro atoms. The summed E-state index contributed by atoms with van der Waals surface area (Å²) in [6.07, 6.45) is 3.96. The number of hydrogen-bond donors (Lipinski definition) is 1. The van der Waals surface area contributed by atoms with E-state index >= 15 is 0 Å². The van der Waals surface area contributed by atoms with Crippen LogP contribution in [0.4, 0.5) is 0 Å². The highest BCUT2D eigenvalue weighted by Crippen LogP contribution is 2.22. The Hall–Kier alpha value is -1.33. The fraction of sp³-hybridized carbons (Fsp3) is 0.467. The van der Waals surface area contributed by atoms with Gasteiger partial charge in [0.05, 0.1) is 12.4 Å². The molecule has 0 saturated carbocycles. The van der Waals surface area contributed by atoms with Crippen LogP contribution in [0.1, 0.15) is 25.3 Å². The van der Waals surface area contributed by atoms with Gasteiger partial charge in [-0.15, -0.1) is 6.58 Å². The van der Waals surface area contributed by atoms with Crippen molar-refractivity contribution in [1.82, 2.24) is 0 Å². The number of primary sulfonamides is 1. The van der Waals surface area contributed by atoms with E-state index in [1.165, 1.54) is 0 Å². The van der Waals surface area contributed by atoms with Crippen LogP contribution in [0, 0.1) is 5.92 Å². The number of benzene rings is 1. The molecule has 112 valence electrons. The van der Waals surface area contributed by atoms with E-state index in [2.05, 4.69) is 6.58 Å². The van der Waals surface area contributed by atoms with Gasteiger partial charge in [-0.3, -0.25) is 0 Å². The van der Waals surface area contributed by atoms with E-state index in [0.29, 0.717) is 6.42 Å². The van der Waals surface area contributed by atoms with Crippen LogP contribution in [-0.2, 0) is 16.4 Å². The second kappa shape index (κ2) is 7.45. The molecule has 0 fully saturated rings. The SMILES string of the molecule is C=CCC(CCc1ccc(OC)cc1)C(C)S(N)(=O)=O. The highest BCUT2D eigenvalue weighted by Gasteiger charge is 2.25. The average molecular weight is 297 g/mol. The molecule has 0 aromatic heterocycles. The van der Waals surface area contributed by atoms with Gasteiger partial charge in [0.15, 0.2) is 0 Å². The van der Waals surface area contributed by atoms with Crippen molar-refractivity contribution >= 4 is 10.0 Å². The first-order valence-electron chi connectivity index (χ1n) is 6.64. The third-order valence-electron chi connectivity index (χ3n) is 3.61.